The van der Waals surface area contributed by atoms with Crippen LogP contribution in [-0.4, -0.2) is 39.4 Å². The molecule has 0 amide bonds. The minimum Gasteiger partial charge on any atom is -0.415 e. The van der Waals surface area contributed by atoms with E-state index in [0.29, 0.717) is 13.2 Å². The zero-order valence-electron chi connectivity index (χ0n) is 19.9. The predicted molar refractivity (Wildman–Crippen MR) is 133 cm³/mol. The molecule has 29 heavy (non-hydrogen) atoms. The molecule has 0 radical (unpaired) electrons. The monoisotopic (exact) mass is 498 g/mol. The molecule has 0 atom stereocenters. The average Bonchev–Trinajstić information content (AvgIpc) is 2.95. The first kappa shape index (κ1) is 24.8. The lowest BCUT2D eigenvalue weighted by molar-refractivity contribution is 0.163. The summed E-state index contributed by atoms with van der Waals surface area (Å²) in [4.78, 5) is 4.62. The van der Waals surface area contributed by atoms with E-state index >= 15 is 0 Å². The molecule has 2 aromatic rings. The van der Waals surface area contributed by atoms with Gasteiger partial charge >= 0.3 is 0 Å². The smallest absolute Gasteiger partial charge is 0.192 e. The number of rotatable bonds is 7. The third-order valence-electron chi connectivity index (χ3n) is 6.82. The van der Waals surface area contributed by atoms with Crippen molar-refractivity contribution >= 4 is 43.6 Å². The Labute approximate surface area is 187 Å². The van der Waals surface area contributed by atoms with Crippen LogP contribution in [0.25, 0.3) is 11.0 Å². The quantitative estimate of drug-likeness (QED) is 0.373. The zero-order chi connectivity index (χ0) is 22.3. The lowest BCUT2D eigenvalue weighted by atomic mass is 10.2. The van der Waals surface area contributed by atoms with Gasteiger partial charge in [-0.1, -0.05) is 57.5 Å². The summed E-state index contributed by atoms with van der Waals surface area (Å²) in [7, 11) is -3.71. The number of nitrogens with zero attached hydrogens (tertiary/aromatic N) is 2. The lowest BCUT2D eigenvalue weighted by Crippen LogP contribution is -2.44. The number of imidazole rings is 1. The van der Waals surface area contributed by atoms with Crippen LogP contribution in [0.4, 0.5) is 0 Å². The van der Waals surface area contributed by atoms with Crippen molar-refractivity contribution < 1.29 is 8.85 Å². The van der Waals surface area contributed by atoms with E-state index in [4.69, 9.17) is 8.85 Å². The SMILES string of the molecule is CC(C)(C)[Si](C)(C)OCC(CO[Si](C)(C)C(C)(C)C)n1cnc2ccc(Br)cc21. The zero-order valence-corrected chi connectivity index (χ0v) is 23.5. The molecule has 0 aliphatic heterocycles. The maximum Gasteiger partial charge on any atom is 0.192 e. The van der Waals surface area contributed by atoms with Gasteiger partial charge in [-0.05, 0) is 54.5 Å². The number of hydrogen-bond acceptors (Lipinski definition) is 3. The van der Waals surface area contributed by atoms with Gasteiger partial charge in [0, 0.05) is 4.47 Å². The van der Waals surface area contributed by atoms with Crippen LogP contribution in [0.5, 0.6) is 0 Å². The van der Waals surface area contributed by atoms with Crippen LogP contribution in [0.1, 0.15) is 47.6 Å². The molecule has 164 valence electrons. The fraction of sp³-hybridized carbons (Fsp3) is 0.682. The molecule has 0 bridgehead atoms. The molecule has 0 unspecified atom stereocenters. The summed E-state index contributed by atoms with van der Waals surface area (Å²) in [6.45, 7) is 24.2. The van der Waals surface area contributed by atoms with Gasteiger partial charge in [0.15, 0.2) is 16.6 Å². The van der Waals surface area contributed by atoms with Crippen LogP contribution >= 0.6 is 15.9 Å². The highest BCUT2D eigenvalue weighted by molar-refractivity contribution is 9.10. The standard InChI is InChI=1S/C22H39BrN2O2Si2/c1-21(2,3)28(7,8)26-14-18(15-27-29(9,10)22(4,5)6)25-16-24-19-12-11-17(23)13-20(19)25/h11-13,16,18H,14-15H2,1-10H3. The van der Waals surface area contributed by atoms with Crippen molar-refractivity contribution in [3.05, 3.63) is 29.0 Å². The van der Waals surface area contributed by atoms with Crippen molar-refractivity contribution in [2.75, 3.05) is 13.2 Å². The second-order valence-electron chi connectivity index (χ2n) is 11.1. The minimum atomic E-state index is -1.86. The average molecular weight is 500 g/mol. The minimum absolute atomic E-state index is 0.0950. The van der Waals surface area contributed by atoms with Gasteiger partial charge < -0.3 is 13.4 Å². The molecule has 7 heteroatoms. The van der Waals surface area contributed by atoms with Gasteiger partial charge in [0.25, 0.3) is 0 Å². The second-order valence-corrected chi connectivity index (χ2v) is 21.6. The van der Waals surface area contributed by atoms with Gasteiger partial charge in [0.05, 0.1) is 36.6 Å². The Bertz CT molecular complexity index is 805. The van der Waals surface area contributed by atoms with Crippen molar-refractivity contribution in [3.8, 4) is 0 Å². The summed E-state index contributed by atoms with van der Waals surface area (Å²) < 4.78 is 16.5. The van der Waals surface area contributed by atoms with Crippen molar-refractivity contribution in [1.29, 1.82) is 0 Å². The van der Waals surface area contributed by atoms with Crippen molar-refractivity contribution in [2.45, 2.75) is 83.8 Å². The van der Waals surface area contributed by atoms with Crippen molar-refractivity contribution in [1.82, 2.24) is 9.55 Å². The molecule has 2 rings (SSSR count). The predicted octanol–water partition coefficient (Wildman–Crippen LogP) is 7.38. The van der Waals surface area contributed by atoms with Gasteiger partial charge in [-0.3, -0.25) is 0 Å². The summed E-state index contributed by atoms with van der Waals surface area (Å²) >= 11 is 3.60. The first-order valence-electron chi connectivity index (χ1n) is 10.5. The van der Waals surface area contributed by atoms with E-state index in [1.165, 1.54) is 0 Å². The molecule has 0 saturated carbocycles. The van der Waals surface area contributed by atoms with E-state index in [-0.39, 0.29) is 16.1 Å². The fourth-order valence-corrected chi connectivity index (χ4v) is 4.97. The Hall–Kier alpha value is -0.476. The van der Waals surface area contributed by atoms with E-state index in [1.54, 1.807) is 0 Å². The van der Waals surface area contributed by atoms with Gasteiger partial charge in [-0.25, -0.2) is 4.98 Å². The van der Waals surface area contributed by atoms with Gasteiger partial charge in [0.2, 0.25) is 0 Å². The first-order chi connectivity index (χ1) is 13.1. The Kier molecular flexibility index (Phi) is 7.33. The number of aromatic nitrogens is 2. The van der Waals surface area contributed by atoms with E-state index in [2.05, 4.69) is 105 Å². The molecule has 0 aliphatic rings. The molecule has 0 saturated heterocycles. The summed E-state index contributed by atoms with van der Waals surface area (Å²) in [5.74, 6) is 0. The first-order valence-corrected chi connectivity index (χ1v) is 17.1. The van der Waals surface area contributed by atoms with E-state index in [0.717, 1.165) is 15.5 Å². The number of fused-ring (bicyclic) bond motifs is 1. The van der Waals surface area contributed by atoms with Crippen LogP contribution < -0.4 is 0 Å². The van der Waals surface area contributed by atoms with Crippen LogP contribution in [0, 0.1) is 0 Å². The summed E-state index contributed by atoms with van der Waals surface area (Å²) in [6.07, 6.45) is 1.94. The lowest BCUT2D eigenvalue weighted by Gasteiger charge is -2.39. The third kappa shape index (κ3) is 5.82. The van der Waals surface area contributed by atoms with Crippen LogP contribution in [0.15, 0.2) is 29.0 Å². The third-order valence-corrected chi connectivity index (χ3v) is 16.3. The molecule has 1 heterocycles. The summed E-state index contributed by atoms with van der Waals surface area (Å²) in [5.41, 5.74) is 2.11. The Morgan fingerprint density at radius 2 is 1.41 bits per heavy atom. The van der Waals surface area contributed by atoms with Crippen LogP contribution in [0.2, 0.25) is 36.3 Å². The number of halogens is 1. The fourth-order valence-electron chi connectivity index (χ4n) is 2.54. The molecule has 0 N–H and O–H groups in total. The Morgan fingerprint density at radius 3 is 1.86 bits per heavy atom. The highest BCUT2D eigenvalue weighted by Crippen LogP contribution is 2.39. The van der Waals surface area contributed by atoms with Crippen molar-refractivity contribution in [2.24, 2.45) is 0 Å². The molecule has 0 fully saturated rings. The van der Waals surface area contributed by atoms with Crippen LogP contribution in [-0.2, 0) is 8.85 Å². The maximum absolute atomic E-state index is 6.62. The normalized spacial score (nSPS) is 14.2. The molecule has 1 aromatic heterocycles. The van der Waals surface area contributed by atoms with E-state index < -0.39 is 16.6 Å². The van der Waals surface area contributed by atoms with E-state index in [9.17, 15) is 0 Å². The van der Waals surface area contributed by atoms with Crippen molar-refractivity contribution in [3.63, 3.8) is 0 Å². The molecule has 1 aromatic carbocycles. The molecule has 0 spiro atoms. The summed E-state index contributed by atoms with van der Waals surface area (Å²) in [5, 5.41) is 0.357. The number of benzene rings is 1. The highest BCUT2D eigenvalue weighted by Gasteiger charge is 2.40. The largest absolute Gasteiger partial charge is 0.415 e. The summed E-state index contributed by atoms with van der Waals surface area (Å²) in [6, 6.07) is 6.31. The molecular formula is C22H39BrN2O2Si2. The topological polar surface area (TPSA) is 36.3 Å². The van der Waals surface area contributed by atoms with Gasteiger partial charge in [0.1, 0.15) is 0 Å². The Balaban J connectivity index is 2.33. The van der Waals surface area contributed by atoms with Gasteiger partial charge in [-0.15, -0.1) is 0 Å². The Morgan fingerprint density at radius 1 is 0.931 bits per heavy atom. The molecule has 0 aliphatic carbocycles. The van der Waals surface area contributed by atoms with Crippen LogP contribution in [0.3, 0.4) is 0 Å². The maximum atomic E-state index is 6.62. The molecule has 4 nitrogen and oxygen atoms in total. The second kappa shape index (κ2) is 8.57. The number of hydrogen-bond donors (Lipinski definition) is 0. The highest BCUT2D eigenvalue weighted by atomic mass is 79.9. The van der Waals surface area contributed by atoms with E-state index in [1.807, 2.05) is 12.4 Å². The molecular weight excluding hydrogens is 460 g/mol. The van der Waals surface area contributed by atoms with Gasteiger partial charge in [-0.2, -0.15) is 0 Å².